The molecule has 1 aromatic carbocycles. The summed E-state index contributed by atoms with van der Waals surface area (Å²) in [6.07, 6.45) is 0. The molecular formula is C12H13F2NO4. The minimum Gasteiger partial charge on any atom is -0.481 e. The fourth-order valence-corrected chi connectivity index (χ4v) is 1.55. The van der Waals surface area contributed by atoms with Gasteiger partial charge in [-0.05, 0) is 12.1 Å². The first-order valence-electron chi connectivity index (χ1n) is 5.46. The lowest BCUT2D eigenvalue weighted by atomic mass is 10.1. The van der Waals surface area contributed by atoms with E-state index in [4.69, 9.17) is 10.2 Å². The van der Waals surface area contributed by atoms with Gasteiger partial charge in [0.15, 0.2) is 0 Å². The van der Waals surface area contributed by atoms with Crippen LogP contribution in [0.5, 0.6) is 0 Å². The number of aliphatic carboxylic acids is 2. The van der Waals surface area contributed by atoms with Gasteiger partial charge in [-0.2, -0.15) is 0 Å². The number of benzene rings is 1. The summed E-state index contributed by atoms with van der Waals surface area (Å²) in [5.74, 6) is -4.86. The zero-order valence-corrected chi connectivity index (χ0v) is 10.1. The van der Waals surface area contributed by atoms with E-state index in [0.29, 0.717) is 0 Å². The molecule has 0 radical (unpaired) electrons. The number of rotatable bonds is 6. The van der Waals surface area contributed by atoms with Crippen molar-refractivity contribution in [2.24, 2.45) is 5.92 Å². The normalized spacial score (nSPS) is 11.9. The van der Waals surface area contributed by atoms with Crippen molar-refractivity contribution in [2.75, 3.05) is 18.0 Å². The molecule has 1 rings (SSSR count). The van der Waals surface area contributed by atoms with Crippen molar-refractivity contribution in [3.8, 4) is 0 Å². The Hall–Kier alpha value is -2.18. The molecule has 2 N–H and O–H groups in total. The van der Waals surface area contributed by atoms with Crippen molar-refractivity contribution in [2.45, 2.75) is 6.92 Å². The maximum absolute atomic E-state index is 13.6. The molecule has 5 nitrogen and oxygen atoms in total. The number of halogens is 2. The van der Waals surface area contributed by atoms with Crippen LogP contribution < -0.4 is 4.90 Å². The van der Waals surface area contributed by atoms with Crippen molar-refractivity contribution < 1.29 is 28.6 Å². The monoisotopic (exact) mass is 273 g/mol. The van der Waals surface area contributed by atoms with Gasteiger partial charge in [0.05, 0.1) is 11.6 Å². The first kappa shape index (κ1) is 14.9. The Morgan fingerprint density at radius 1 is 1.32 bits per heavy atom. The van der Waals surface area contributed by atoms with Gasteiger partial charge in [-0.3, -0.25) is 9.59 Å². The van der Waals surface area contributed by atoms with Crippen LogP contribution in [0.15, 0.2) is 18.2 Å². The predicted octanol–water partition coefficient (Wildman–Crippen LogP) is 1.58. The van der Waals surface area contributed by atoms with Crippen LogP contribution >= 0.6 is 0 Å². The third-order valence-corrected chi connectivity index (χ3v) is 2.49. The summed E-state index contributed by atoms with van der Waals surface area (Å²) in [7, 11) is 0. The standard InChI is InChI=1S/C12H13F2NO4/c1-7(12(18)19)5-15(6-11(16)17)10-4-8(13)2-3-9(10)14/h2-4,7H,5-6H2,1H3,(H,16,17)(H,18,19). The highest BCUT2D eigenvalue weighted by atomic mass is 19.1. The number of hydrogen-bond acceptors (Lipinski definition) is 3. The molecule has 7 heteroatoms. The van der Waals surface area contributed by atoms with Gasteiger partial charge >= 0.3 is 11.9 Å². The van der Waals surface area contributed by atoms with Gasteiger partial charge in [0.2, 0.25) is 0 Å². The van der Waals surface area contributed by atoms with Crippen LogP contribution in [0, 0.1) is 17.6 Å². The Bertz CT molecular complexity index is 493. The van der Waals surface area contributed by atoms with Crippen LogP contribution in [0.4, 0.5) is 14.5 Å². The average molecular weight is 273 g/mol. The number of nitrogens with zero attached hydrogens (tertiary/aromatic N) is 1. The van der Waals surface area contributed by atoms with Gasteiger partial charge < -0.3 is 15.1 Å². The van der Waals surface area contributed by atoms with Crippen LogP contribution in [0.25, 0.3) is 0 Å². The van der Waals surface area contributed by atoms with E-state index in [2.05, 4.69) is 0 Å². The third-order valence-electron chi connectivity index (χ3n) is 2.49. The Labute approximate surface area is 108 Å². The largest absolute Gasteiger partial charge is 0.481 e. The quantitative estimate of drug-likeness (QED) is 0.822. The summed E-state index contributed by atoms with van der Waals surface area (Å²) in [5, 5.41) is 17.5. The second-order valence-corrected chi connectivity index (χ2v) is 4.11. The molecule has 0 heterocycles. The molecule has 0 bridgehead atoms. The van der Waals surface area contributed by atoms with Crippen molar-refractivity contribution >= 4 is 17.6 Å². The fraction of sp³-hybridized carbons (Fsp3) is 0.333. The summed E-state index contributed by atoms with van der Waals surface area (Å²) in [4.78, 5) is 22.5. The summed E-state index contributed by atoms with van der Waals surface area (Å²) < 4.78 is 26.7. The number of hydrogen-bond donors (Lipinski definition) is 2. The van der Waals surface area contributed by atoms with E-state index in [1.807, 2.05) is 0 Å². The molecule has 0 spiro atoms. The van der Waals surface area contributed by atoms with Crippen molar-refractivity contribution in [3.63, 3.8) is 0 Å². The van der Waals surface area contributed by atoms with E-state index >= 15 is 0 Å². The average Bonchev–Trinajstić information content (AvgIpc) is 2.30. The highest BCUT2D eigenvalue weighted by Crippen LogP contribution is 2.21. The van der Waals surface area contributed by atoms with Gasteiger partial charge in [-0.1, -0.05) is 6.92 Å². The molecule has 0 aliphatic carbocycles. The lowest BCUT2D eigenvalue weighted by molar-refractivity contribution is -0.141. The molecule has 0 aliphatic rings. The lowest BCUT2D eigenvalue weighted by Gasteiger charge is -2.25. The van der Waals surface area contributed by atoms with E-state index in [-0.39, 0.29) is 12.2 Å². The van der Waals surface area contributed by atoms with Gasteiger partial charge in [0, 0.05) is 12.6 Å². The molecule has 1 atom stereocenters. The molecule has 0 aliphatic heterocycles. The molecule has 104 valence electrons. The Kier molecular flexibility index (Phi) is 4.80. The molecule has 1 aromatic rings. The zero-order valence-electron chi connectivity index (χ0n) is 10.1. The molecule has 0 fully saturated rings. The van der Waals surface area contributed by atoms with E-state index in [0.717, 1.165) is 23.1 Å². The van der Waals surface area contributed by atoms with Crippen LogP contribution in [-0.4, -0.2) is 35.2 Å². The second kappa shape index (κ2) is 6.12. The van der Waals surface area contributed by atoms with Crippen LogP contribution in [0.2, 0.25) is 0 Å². The molecule has 0 amide bonds. The SMILES string of the molecule is CC(CN(CC(=O)O)c1cc(F)ccc1F)C(=O)O. The Balaban J connectivity index is 3.05. The van der Waals surface area contributed by atoms with Crippen molar-refractivity contribution in [1.82, 2.24) is 0 Å². The maximum Gasteiger partial charge on any atom is 0.323 e. The van der Waals surface area contributed by atoms with Gasteiger partial charge in [0.1, 0.15) is 18.2 Å². The van der Waals surface area contributed by atoms with E-state index in [1.165, 1.54) is 6.92 Å². The van der Waals surface area contributed by atoms with Crippen LogP contribution in [0.3, 0.4) is 0 Å². The minimum atomic E-state index is -1.26. The van der Waals surface area contributed by atoms with Crippen LogP contribution in [0.1, 0.15) is 6.92 Å². The summed E-state index contributed by atoms with van der Waals surface area (Å²) in [5.41, 5.74) is -0.268. The molecule has 1 unspecified atom stereocenters. The van der Waals surface area contributed by atoms with Gasteiger partial charge in [-0.15, -0.1) is 0 Å². The second-order valence-electron chi connectivity index (χ2n) is 4.11. The third kappa shape index (κ3) is 4.20. The smallest absolute Gasteiger partial charge is 0.323 e. The highest BCUT2D eigenvalue weighted by Gasteiger charge is 2.21. The number of carbonyl (C=O) groups is 2. The molecule has 0 saturated heterocycles. The summed E-state index contributed by atoms with van der Waals surface area (Å²) in [6, 6.07) is 2.61. The summed E-state index contributed by atoms with van der Waals surface area (Å²) in [6.45, 7) is 0.508. The Morgan fingerprint density at radius 2 is 1.95 bits per heavy atom. The fourth-order valence-electron chi connectivity index (χ4n) is 1.55. The van der Waals surface area contributed by atoms with E-state index < -0.39 is 36.0 Å². The molecule has 0 aromatic heterocycles. The predicted molar refractivity (Wildman–Crippen MR) is 63.0 cm³/mol. The summed E-state index contributed by atoms with van der Waals surface area (Å²) >= 11 is 0. The molecule has 0 saturated carbocycles. The number of carboxylic acids is 2. The molecular weight excluding hydrogens is 260 g/mol. The van der Waals surface area contributed by atoms with E-state index in [1.54, 1.807) is 0 Å². The first-order chi connectivity index (χ1) is 8.81. The maximum atomic E-state index is 13.6. The topological polar surface area (TPSA) is 77.8 Å². The van der Waals surface area contributed by atoms with Gasteiger partial charge in [-0.25, -0.2) is 8.78 Å². The Morgan fingerprint density at radius 3 is 2.47 bits per heavy atom. The number of anilines is 1. The first-order valence-corrected chi connectivity index (χ1v) is 5.46. The van der Waals surface area contributed by atoms with Gasteiger partial charge in [0.25, 0.3) is 0 Å². The van der Waals surface area contributed by atoms with Crippen LogP contribution in [-0.2, 0) is 9.59 Å². The zero-order chi connectivity index (χ0) is 14.6. The lowest BCUT2D eigenvalue weighted by Crippen LogP contribution is -2.36. The van der Waals surface area contributed by atoms with Crippen molar-refractivity contribution in [1.29, 1.82) is 0 Å². The number of carboxylic acid groups (broad SMARTS) is 2. The molecule has 19 heavy (non-hydrogen) atoms. The minimum absolute atomic E-state index is 0.234. The van der Waals surface area contributed by atoms with Crippen molar-refractivity contribution in [3.05, 3.63) is 29.8 Å². The highest BCUT2D eigenvalue weighted by molar-refractivity contribution is 5.75. The van der Waals surface area contributed by atoms with E-state index in [9.17, 15) is 18.4 Å².